The van der Waals surface area contributed by atoms with Crippen LogP contribution in [0.15, 0.2) is 58.5 Å². The fraction of sp³-hybridized carbons (Fsp3) is 0.227. The molecule has 4 heterocycles. The molecule has 0 aliphatic carbocycles. The van der Waals surface area contributed by atoms with Gasteiger partial charge in [0.25, 0.3) is 0 Å². The van der Waals surface area contributed by atoms with Gasteiger partial charge in [-0.25, -0.2) is 4.98 Å². The quantitative estimate of drug-likeness (QED) is 0.559. The molecule has 0 unspecified atom stereocenters. The Balaban J connectivity index is 1.74. The van der Waals surface area contributed by atoms with Crippen LogP contribution >= 0.6 is 15.9 Å². The summed E-state index contributed by atoms with van der Waals surface area (Å²) in [6.45, 7) is 11.8. The van der Waals surface area contributed by atoms with Crippen LogP contribution in [0.25, 0.3) is 22.9 Å². The van der Waals surface area contributed by atoms with Crippen molar-refractivity contribution in [2.75, 3.05) is 13.1 Å². The molecule has 0 radical (unpaired) electrons. The molecule has 0 spiro atoms. The van der Waals surface area contributed by atoms with Gasteiger partial charge in [-0.3, -0.25) is 0 Å². The SMILES string of the molecule is C=CC(=c1c(Br)c(CC)[nH]c1=CC(=C)Oc1cnc2ccoc2c1)N1CC(N)C1. The van der Waals surface area contributed by atoms with E-state index in [0.717, 1.165) is 51.5 Å². The first kappa shape index (κ1) is 19.5. The van der Waals surface area contributed by atoms with Gasteiger partial charge in [0, 0.05) is 58.4 Å². The highest BCUT2D eigenvalue weighted by Gasteiger charge is 2.25. The van der Waals surface area contributed by atoms with Crippen LogP contribution in [0.3, 0.4) is 0 Å². The summed E-state index contributed by atoms with van der Waals surface area (Å²) in [7, 11) is 0. The van der Waals surface area contributed by atoms with Crippen molar-refractivity contribution < 1.29 is 9.15 Å². The van der Waals surface area contributed by atoms with Gasteiger partial charge in [0.2, 0.25) is 0 Å². The Labute approximate surface area is 177 Å². The fourth-order valence-corrected chi connectivity index (χ4v) is 4.27. The number of aryl methyl sites for hydroxylation is 1. The van der Waals surface area contributed by atoms with E-state index in [4.69, 9.17) is 14.9 Å². The maximum atomic E-state index is 5.98. The minimum Gasteiger partial charge on any atom is -0.463 e. The maximum absolute atomic E-state index is 5.98. The lowest BCUT2D eigenvalue weighted by Crippen LogP contribution is -2.55. The molecular formula is C22H23BrN4O2. The number of halogens is 1. The summed E-state index contributed by atoms with van der Waals surface area (Å²) in [5, 5.41) is 1.94. The molecule has 1 aliphatic rings. The number of pyridine rings is 1. The second kappa shape index (κ2) is 7.93. The van der Waals surface area contributed by atoms with Gasteiger partial charge >= 0.3 is 0 Å². The molecular weight excluding hydrogens is 432 g/mol. The molecule has 4 rings (SSSR count). The minimum atomic E-state index is 0.197. The zero-order valence-corrected chi connectivity index (χ0v) is 17.8. The summed E-state index contributed by atoms with van der Waals surface area (Å²) in [5.74, 6) is 1.05. The molecule has 0 atom stereocenters. The van der Waals surface area contributed by atoms with Crippen molar-refractivity contribution in [3.63, 3.8) is 0 Å². The van der Waals surface area contributed by atoms with E-state index in [2.05, 4.69) is 50.9 Å². The van der Waals surface area contributed by atoms with Crippen molar-refractivity contribution >= 4 is 38.8 Å². The number of rotatable bonds is 6. The van der Waals surface area contributed by atoms with Gasteiger partial charge in [0.1, 0.15) is 17.0 Å². The molecule has 150 valence electrons. The topological polar surface area (TPSA) is 80.3 Å². The minimum absolute atomic E-state index is 0.197. The van der Waals surface area contributed by atoms with Crippen LogP contribution in [0.2, 0.25) is 0 Å². The van der Waals surface area contributed by atoms with Gasteiger partial charge in [-0.05, 0) is 28.4 Å². The Morgan fingerprint density at radius 3 is 3.00 bits per heavy atom. The van der Waals surface area contributed by atoms with E-state index in [1.807, 2.05) is 18.2 Å². The third-order valence-corrected chi connectivity index (χ3v) is 5.80. The van der Waals surface area contributed by atoms with Crippen LogP contribution in [-0.4, -0.2) is 34.0 Å². The molecule has 0 amide bonds. The third kappa shape index (κ3) is 3.75. The standard InChI is InChI=1S/C22H23BrN4O2/c1-4-16-22(23)21(19(5-2)27-11-14(24)12-27)18(26-16)8-13(3)29-15-9-20-17(25-10-15)6-7-28-20/h5-10,14,26H,2-4,11-12,24H2,1H3. The van der Waals surface area contributed by atoms with Crippen LogP contribution in [0.1, 0.15) is 12.6 Å². The lowest BCUT2D eigenvalue weighted by Gasteiger charge is -2.39. The van der Waals surface area contributed by atoms with E-state index in [1.165, 1.54) is 0 Å². The Morgan fingerprint density at radius 1 is 1.52 bits per heavy atom. The first-order chi connectivity index (χ1) is 14.0. The highest BCUT2D eigenvalue weighted by molar-refractivity contribution is 9.10. The Morgan fingerprint density at radius 2 is 2.31 bits per heavy atom. The summed E-state index contributed by atoms with van der Waals surface area (Å²) in [6.07, 6.45) is 7.87. The first-order valence-corrected chi connectivity index (χ1v) is 10.2. The number of aromatic nitrogens is 2. The summed E-state index contributed by atoms with van der Waals surface area (Å²) in [4.78, 5) is 10.0. The van der Waals surface area contributed by atoms with E-state index in [9.17, 15) is 0 Å². The number of hydrogen-bond donors (Lipinski definition) is 2. The number of nitrogens with two attached hydrogens (primary N) is 1. The maximum Gasteiger partial charge on any atom is 0.155 e. The van der Waals surface area contributed by atoms with Crippen molar-refractivity contribution in [2.24, 2.45) is 5.73 Å². The van der Waals surface area contributed by atoms with Crippen molar-refractivity contribution in [1.29, 1.82) is 0 Å². The molecule has 29 heavy (non-hydrogen) atoms. The molecule has 6 nitrogen and oxygen atoms in total. The molecule has 0 aromatic carbocycles. The predicted octanol–water partition coefficient (Wildman–Crippen LogP) is 2.79. The molecule has 0 saturated carbocycles. The monoisotopic (exact) mass is 454 g/mol. The molecule has 1 saturated heterocycles. The fourth-order valence-electron chi connectivity index (χ4n) is 3.48. The normalized spacial score (nSPS) is 16.1. The van der Waals surface area contributed by atoms with E-state index >= 15 is 0 Å². The van der Waals surface area contributed by atoms with Gasteiger partial charge in [-0.15, -0.1) is 0 Å². The zero-order valence-electron chi connectivity index (χ0n) is 16.2. The molecule has 1 aliphatic heterocycles. The number of hydrogen-bond acceptors (Lipinski definition) is 5. The first-order valence-electron chi connectivity index (χ1n) is 9.45. The highest BCUT2D eigenvalue weighted by atomic mass is 79.9. The molecule has 7 heteroatoms. The zero-order chi connectivity index (χ0) is 20.5. The smallest absolute Gasteiger partial charge is 0.155 e. The van der Waals surface area contributed by atoms with Gasteiger partial charge in [0.15, 0.2) is 5.58 Å². The number of aromatic amines is 1. The van der Waals surface area contributed by atoms with Crippen molar-refractivity contribution in [3.05, 3.63) is 70.3 Å². The van der Waals surface area contributed by atoms with Gasteiger partial charge < -0.3 is 24.8 Å². The van der Waals surface area contributed by atoms with Crippen molar-refractivity contribution in [2.45, 2.75) is 19.4 Å². The molecule has 0 bridgehead atoms. The average molecular weight is 455 g/mol. The number of nitrogens with zero attached hydrogens (tertiary/aromatic N) is 2. The average Bonchev–Trinajstić information content (AvgIpc) is 3.25. The summed E-state index contributed by atoms with van der Waals surface area (Å²) < 4.78 is 12.3. The number of likely N-dealkylation sites (tertiary alicyclic amines) is 1. The van der Waals surface area contributed by atoms with E-state index in [0.29, 0.717) is 17.1 Å². The lowest BCUT2D eigenvalue weighted by atomic mass is 10.1. The number of H-pyrrole nitrogens is 1. The summed E-state index contributed by atoms with van der Waals surface area (Å²) in [5.41, 5.74) is 9.57. The molecule has 1 fully saturated rings. The number of furan rings is 1. The number of allylic oxidation sites excluding steroid dienone is 1. The van der Waals surface area contributed by atoms with E-state index < -0.39 is 0 Å². The lowest BCUT2D eigenvalue weighted by molar-refractivity contribution is 0.238. The van der Waals surface area contributed by atoms with Crippen LogP contribution in [0.5, 0.6) is 5.75 Å². The molecule has 3 N–H and O–H groups in total. The van der Waals surface area contributed by atoms with Crippen molar-refractivity contribution in [3.8, 4) is 5.75 Å². The Hall–Kier alpha value is -2.77. The van der Waals surface area contributed by atoms with Gasteiger partial charge in [-0.1, -0.05) is 20.1 Å². The number of nitrogens with one attached hydrogen (secondary N) is 1. The highest BCUT2D eigenvalue weighted by Crippen LogP contribution is 2.21. The van der Waals surface area contributed by atoms with Crippen LogP contribution in [0, 0.1) is 0 Å². The van der Waals surface area contributed by atoms with E-state index in [1.54, 1.807) is 18.5 Å². The second-order valence-electron chi connectivity index (χ2n) is 7.00. The molecule has 3 aromatic rings. The van der Waals surface area contributed by atoms with Crippen LogP contribution in [-0.2, 0) is 6.42 Å². The Bertz CT molecular complexity index is 1200. The molecule has 3 aromatic heterocycles. The summed E-state index contributed by atoms with van der Waals surface area (Å²) >= 11 is 3.75. The third-order valence-electron chi connectivity index (χ3n) is 4.92. The number of ether oxygens (including phenoxy) is 1. The van der Waals surface area contributed by atoms with E-state index in [-0.39, 0.29) is 6.04 Å². The van der Waals surface area contributed by atoms with Gasteiger partial charge in [0.05, 0.1) is 17.8 Å². The van der Waals surface area contributed by atoms with Crippen LogP contribution < -0.4 is 21.0 Å². The Kier molecular flexibility index (Phi) is 5.34. The van der Waals surface area contributed by atoms with Crippen LogP contribution in [0.4, 0.5) is 0 Å². The van der Waals surface area contributed by atoms with Crippen molar-refractivity contribution in [1.82, 2.24) is 14.9 Å². The second-order valence-corrected chi connectivity index (χ2v) is 7.79. The largest absolute Gasteiger partial charge is 0.463 e. The number of fused-ring (bicyclic) bond motifs is 1. The summed E-state index contributed by atoms with van der Waals surface area (Å²) in [6, 6.07) is 3.80. The predicted molar refractivity (Wildman–Crippen MR) is 119 cm³/mol. The van der Waals surface area contributed by atoms with Gasteiger partial charge in [-0.2, -0.15) is 0 Å².